The first-order chi connectivity index (χ1) is 9.02. The van der Waals surface area contributed by atoms with Crippen LogP contribution in [0, 0.1) is 11.8 Å². The van der Waals surface area contributed by atoms with Gasteiger partial charge >= 0.3 is 5.97 Å². The first-order valence-electron chi connectivity index (χ1n) is 6.58. The van der Waals surface area contributed by atoms with Gasteiger partial charge in [-0.05, 0) is 24.3 Å². The summed E-state index contributed by atoms with van der Waals surface area (Å²) < 4.78 is 5.30. The second-order valence-corrected chi connectivity index (χ2v) is 5.35. The highest BCUT2D eigenvalue weighted by molar-refractivity contribution is 5.91. The number of esters is 1. The molecule has 19 heavy (non-hydrogen) atoms. The number of hydrogen-bond acceptors (Lipinski definition) is 4. The molecule has 0 aromatic rings. The van der Waals surface area contributed by atoms with Crippen LogP contribution < -0.4 is 0 Å². The van der Waals surface area contributed by atoms with Crippen LogP contribution in [-0.2, 0) is 9.53 Å². The van der Waals surface area contributed by atoms with E-state index in [-0.39, 0.29) is 24.5 Å². The summed E-state index contributed by atoms with van der Waals surface area (Å²) in [5, 5.41) is 19.6. The highest BCUT2D eigenvalue weighted by Crippen LogP contribution is 2.35. The Balaban J connectivity index is 2.29. The standard InChI is InChI=1S/C15H20O4/c1-9-4-3-5-11(8-16)7-12(17)14-10(2)15(18)19-13(14)6-9/h3-5,9,12-14,16-17H,2,6-8H2,1H3/b4-3-,11-5+/t9-,12-,13+,14+/m1/s1. The molecule has 0 aromatic carbocycles. The molecule has 1 fully saturated rings. The fourth-order valence-corrected chi connectivity index (χ4v) is 2.73. The Bertz CT molecular complexity index is 435. The molecule has 0 saturated carbocycles. The predicted molar refractivity (Wildman–Crippen MR) is 71.2 cm³/mol. The number of carbonyl (C=O) groups is 1. The number of rotatable bonds is 1. The lowest BCUT2D eigenvalue weighted by Gasteiger charge is -2.25. The zero-order chi connectivity index (χ0) is 14.0. The number of hydrogen-bond donors (Lipinski definition) is 2. The average Bonchev–Trinajstić information content (AvgIpc) is 2.63. The fraction of sp³-hybridized carbons (Fsp3) is 0.533. The van der Waals surface area contributed by atoms with Crippen LogP contribution >= 0.6 is 0 Å². The van der Waals surface area contributed by atoms with Gasteiger partial charge in [-0.1, -0.05) is 31.7 Å². The lowest BCUT2D eigenvalue weighted by atomic mass is 9.83. The highest BCUT2D eigenvalue weighted by Gasteiger charge is 2.43. The van der Waals surface area contributed by atoms with Crippen molar-refractivity contribution in [2.24, 2.45) is 11.8 Å². The van der Waals surface area contributed by atoms with Gasteiger partial charge in [0.15, 0.2) is 0 Å². The minimum atomic E-state index is -0.749. The smallest absolute Gasteiger partial charge is 0.334 e. The molecular weight excluding hydrogens is 244 g/mol. The summed E-state index contributed by atoms with van der Waals surface area (Å²) in [7, 11) is 0. The van der Waals surface area contributed by atoms with E-state index in [1.54, 1.807) is 0 Å². The van der Waals surface area contributed by atoms with E-state index in [1.165, 1.54) is 0 Å². The van der Waals surface area contributed by atoms with Gasteiger partial charge in [-0.25, -0.2) is 4.79 Å². The van der Waals surface area contributed by atoms with Crippen molar-refractivity contribution in [1.82, 2.24) is 0 Å². The van der Waals surface area contributed by atoms with Crippen molar-refractivity contribution in [3.63, 3.8) is 0 Å². The quantitative estimate of drug-likeness (QED) is 0.554. The monoisotopic (exact) mass is 264 g/mol. The van der Waals surface area contributed by atoms with E-state index in [1.807, 2.05) is 25.2 Å². The Morgan fingerprint density at radius 1 is 1.53 bits per heavy atom. The minimum Gasteiger partial charge on any atom is -0.458 e. The summed E-state index contributed by atoms with van der Waals surface area (Å²) in [4.78, 5) is 11.6. The van der Waals surface area contributed by atoms with Gasteiger partial charge in [0.2, 0.25) is 0 Å². The van der Waals surface area contributed by atoms with Crippen molar-refractivity contribution in [1.29, 1.82) is 0 Å². The third kappa shape index (κ3) is 2.96. The topological polar surface area (TPSA) is 66.8 Å². The first-order valence-corrected chi connectivity index (χ1v) is 6.58. The Labute approximate surface area is 113 Å². The summed E-state index contributed by atoms with van der Waals surface area (Å²) in [6.45, 7) is 5.67. The van der Waals surface area contributed by atoms with Crippen LogP contribution in [0.5, 0.6) is 0 Å². The molecule has 2 aliphatic rings. The molecule has 1 heterocycles. The molecule has 1 aliphatic carbocycles. The van der Waals surface area contributed by atoms with E-state index in [2.05, 4.69) is 6.58 Å². The third-order valence-electron chi connectivity index (χ3n) is 3.79. The van der Waals surface area contributed by atoms with Crippen molar-refractivity contribution in [2.45, 2.75) is 32.0 Å². The zero-order valence-electron chi connectivity index (χ0n) is 11.1. The molecule has 4 atom stereocenters. The number of aliphatic hydroxyl groups excluding tert-OH is 2. The largest absolute Gasteiger partial charge is 0.458 e. The molecule has 0 bridgehead atoms. The van der Waals surface area contributed by atoms with E-state index >= 15 is 0 Å². The van der Waals surface area contributed by atoms with Gasteiger partial charge in [-0.3, -0.25) is 0 Å². The molecule has 1 saturated heterocycles. The molecule has 104 valence electrons. The third-order valence-corrected chi connectivity index (χ3v) is 3.79. The summed E-state index contributed by atoms with van der Waals surface area (Å²) in [5.74, 6) is -0.567. The maximum Gasteiger partial charge on any atom is 0.334 e. The Kier molecular flexibility index (Phi) is 4.22. The summed E-state index contributed by atoms with van der Waals surface area (Å²) >= 11 is 0. The fourth-order valence-electron chi connectivity index (χ4n) is 2.73. The highest BCUT2D eigenvalue weighted by atomic mass is 16.6. The molecule has 2 rings (SSSR count). The molecule has 4 heteroatoms. The summed E-state index contributed by atoms with van der Waals surface area (Å²) in [6.07, 6.45) is 5.64. The van der Waals surface area contributed by atoms with E-state index < -0.39 is 12.1 Å². The molecule has 4 nitrogen and oxygen atoms in total. The van der Waals surface area contributed by atoms with Crippen LogP contribution in [0.3, 0.4) is 0 Å². The van der Waals surface area contributed by atoms with E-state index in [0.29, 0.717) is 18.4 Å². The number of carbonyl (C=O) groups excluding carboxylic acids is 1. The SMILES string of the molecule is C=C1C(=O)O[C@H]2C[C@H](C)/C=C\C=C(\CO)C[C@@H](O)[C@H]12. The maximum absolute atomic E-state index is 11.6. The van der Waals surface area contributed by atoms with Gasteiger partial charge in [-0.15, -0.1) is 0 Å². The second kappa shape index (κ2) is 5.72. The van der Waals surface area contributed by atoms with Crippen molar-refractivity contribution in [3.8, 4) is 0 Å². The predicted octanol–water partition coefficient (Wildman–Crippen LogP) is 1.35. The lowest BCUT2D eigenvalue weighted by Crippen LogP contribution is -2.31. The van der Waals surface area contributed by atoms with Gasteiger partial charge < -0.3 is 14.9 Å². The molecule has 0 amide bonds. The number of aliphatic hydroxyl groups is 2. The molecule has 2 N–H and O–H groups in total. The molecule has 0 radical (unpaired) electrons. The van der Waals surface area contributed by atoms with E-state index in [4.69, 9.17) is 4.74 Å². The molecule has 0 spiro atoms. The van der Waals surface area contributed by atoms with Crippen molar-refractivity contribution in [2.75, 3.05) is 6.61 Å². The van der Waals surface area contributed by atoms with Crippen LogP contribution in [0.2, 0.25) is 0 Å². The van der Waals surface area contributed by atoms with Crippen molar-refractivity contribution in [3.05, 3.63) is 36.0 Å². The van der Waals surface area contributed by atoms with Crippen LogP contribution in [-0.4, -0.2) is 35.0 Å². The van der Waals surface area contributed by atoms with Crippen LogP contribution in [0.1, 0.15) is 19.8 Å². The molecule has 0 aromatic heterocycles. The van der Waals surface area contributed by atoms with Gasteiger partial charge in [0.1, 0.15) is 6.10 Å². The zero-order valence-corrected chi connectivity index (χ0v) is 11.1. The number of ether oxygens (including phenoxy) is 1. The van der Waals surface area contributed by atoms with E-state index in [0.717, 1.165) is 5.57 Å². The Morgan fingerprint density at radius 3 is 2.95 bits per heavy atom. The molecule has 0 unspecified atom stereocenters. The minimum absolute atomic E-state index is 0.103. The van der Waals surface area contributed by atoms with E-state index in [9.17, 15) is 15.0 Å². The van der Waals surface area contributed by atoms with Gasteiger partial charge in [0.05, 0.1) is 18.6 Å². The Morgan fingerprint density at radius 2 is 2.26 bits per heavy atom. The normalized spacial score (nSPS) is 40.1. The van der Waals surface area contributed by atoms with Gasteiger partial charge in [0, 0.05) is 5.57 Å². The molecule has 1 aliphatic heterocycles. The maximum atomic E-state index is 11.6. The summed E-state index contributed by atoms with van der Waals surface area (Å²) in [5.41, 5.74) is 1.08. The molecular formula is C15H20O4. The summed E-state index contributed by atoms with van der Waals surface area (Å²) in [6, 6.07) is 0. The van der Waals surface area contributed by atoms with Crippen LogP contribution in [0.15, 0.2) is 36.0 Å². The van der Waals surface area contributed by atoms with Gasteiger partial charge in [-0.2, -0.15) is 0 Å². The van der Waals surface area contributed by atoms with Crippen molar-refractivity contribution < 1.29 is 19.7 Å². The van der Waals surface area contributed by atoms with Crippen molar-refractivity contribution >= 4 is 5.97 Å². The lowest BCUT2D eigenvalue weighted by molar-refractivity contribution is -0.140. The average molecular weight is 264 g/mol. The van der Waals surface area contributed by atoms with Crippen LogP contribution in [0.25, 0.3) is 0 Å². The number of allylic oxidation sites excluding steroid dienone is 3. The number of fused-ring (bicyclic) bond motifs is 1. The van der Waals surface area contributed by atoms with Crippen LogP contribution in [0.4, 0.5) is 0 Å². The Hall–Kier alpha value is -1.39. The van der Waals surface area contributed by atoms with Gasteiger partial charge in [0.25, 0.3) is 0 Å². The second-order valence-electron chi connectivity index (χ2n) is 5.35. The first kappa shape index (κ1) is 14.0.